The van der Waals surface area contributed by atoms with Crippen LogP contribution >= 0.6 is 0 Å². The quantitative estimate of drug-likeness (QED) is 0.688. The zero-order valence-corrected chi connectivity index (χ0v) is 11.9. The molecule has 114 valence electrons. The number of hydrogen-bond acceptors (Lipinski definition) is 4. The Kier molecular flexibility index (Phi) is 6.19. The number of rotatable bonds is 6. The molecule has 1 rings (SSSR count). The second-order valence-corrected chi connectivity index (χ2v) is 4.30. The standard InChI is InChI=1S/C14H18N2O5/c1-3-21-13(19)9(2)15-14(20)16-11-7-5-4-6-10(11)8-12(17)18/h4-7,9H,3,8H2,1-2H3,(H,17,18)(H2,15,16,20). The summed E-state index contributed by atoms with van der Waals surface area (Å²) < 4.78 is 4.77. The van der Waals surface area contributed by atoms with Crippen LogP contribution in [-0.4, -0.2) is 35.7 Å². The number of amides is 2. The summed E-state index contributed by atoms with van der Waals surface area (Å²) in [6.45, 7) is 3.40. The third-order valence-electron chi connectivity index (χ3n) is 2.59. The SMILES string of the molecule is CCOC(=O)C(C)NC(=O)Nc1ccccc1CC(=O)O. The highest BCUT2D eigenvalue weighted by atomic mass is 16.5. The first-order valence-electron chi connectivity index (χ1n) is 6.48. The molecule has 1 atom stereocenters. The van der Waals surface area contributed by atoms with Crippen LogP contribution in [0.1, 0.15) is 19.4 Å². The number of carbonyl (C=O) groups is 3. The van der Waals surface area contributed by atoms with Crippen LogP contribution in [0.4, 0.5) is 10.5 Å². The maximum absolute atomic E-state index is 11.8. The third kappa shape index (κ3) is 5.52. The predicted octanol–water partition coefficient (Wildman–Crippen LogP) is 1.39. The molecule has 2 amide bonds. The van der Waals surface area contributed by atoms with Crippen LogP contribution < -0.4 is 10.6 Å². The minimum absolute atomic E-state index is 0.204. The van der Waals surface area contributed by atoms with Gasteiger partial charge in [0, 0.05) is 5.69 Å². The van der Waals surface area contributed by atoms with Gasteiger partial charge in [-0.15, -0.1) is 0 Å². The molecule has 0 aliphatic heterocycles. The lowest BCUT2D eigenvalue weighted by Gasteiger charge is -2.14. The van der Waals surface area contributed by atoms with Gasteiger partial charge in [0.25, 0.3) is 0 Å². The molecule has 0 aromatic heterocycles. The lowest BCUT2D eigenvalue weighted by molar-refractivity contribution is -0.144. The van der Waals surface area contributed by atoms with Gasteiger partial charge in [0.2, 0.25) is 0 Å². The molecule has 0 aliphatic rings. The van der Waals surface area contributed by atoms with E-state index in [0.717, 1.165) is 0 Å². The summed E-state index contributed by atoms with van der Waals surface area (Å²) in [5.41, 5.74) is 0.859. The number of para-hydroxylation sites is 1. The number of benzene rings is 1. The molecule has 0 heterocycles. The van der Waals surface area contributed by atoms with E-state index in [2.05, 4.69) is 10.6 Å². The summed E-state index contributed by atoms with van der Waals surface area (Å²) >= 11 is 0. The molecule has 7 nitrogen and oxygen atoms in total. The van der Waals surface area contributed by atoms with Crippen molar-refractivity contribution in [2.75, 3.05) is 11.9 Å². The van der Waals surface area contributed by atoms with Crippen molar-refractivity contribution in [3.8, 4) is 0 Å². The first-order chi connectivity index (χ1) is 9.93. The number of hydrogen-bond donors (Lipinski definition) is 3. The van der Waals surface area contributed by atoms with E-state index in [0.29, 0.717) is 11.3 Å². The summed E-state index contributed by atoms with van der Waals surface area (Å²) in [5, 5.41) is 13.8. The van der Waals surface area contributed by atoms with Gasteiger partial charge in [-0.3, -0.25) is 4.79 Å². The van der Waals surface area contributed by atoms with E-state index in [-0.39, 0.29) is 13.0 Å². The van der Waals surface area contributed by atoms with Crippen molar-refractivity contribution in [1.29, 1.82) is 0 Å². The molecule has 0 saturated carbocycles. The van der Waals surface area contributed by atoms with Crippen LogP contribution in [0.25, 0.3) is 0 Å². The van der Waals surface area contributed by atoms with Gasteiger partial charge >= 0.3 is 18.0 Å². The molecular weight excluding hydrogens is 276 g/mol. The lowest BCUT2D eigenvalue weighted by Crippen LogP contribution is -2.42. The van der Waals surface area contributed by atoms with Crippen LogP contribution in [0, 0.1) is 0 Å². The van der Waals surface area contributed by atoms with Gasteiger partial charge in [0.1, 0.15) is 6.04 Å². The van der Waals surface area contributed by atoms with Crippen LogP contribution in [0.2, 0.25) is 0 Å². The second-order valence-electron chi connectivity index (χ2n) is 4.30. The largest absolute Gasteiger partial charge is 0.481 e. The average Bonchev–Trinajstić information content (AvgIpc) is 2.40. The van der Waals surface area contributed by atoms with E-state index in [9.17, 15) is 14.4 Å². The average molecular weight is 294 g/mol. The Bertz CT molecular complexity index is 530. The molecule has 0 fully saturated rings. The maximum atomic E-state index is 11.8. The van der Waals surface area contributed by atoms with E-state index in [1.54, 1.807) is 31.2 Å². The molecule has 0 aliphatic carbocycles. The van der Waals surface area contributed by atoms with Crippen LogP contribution in [0.5, 0.6) is 0 Å². The highest BCUT2D eigenvalue weighted by Crippen LogP contribution is 2.15. The Morgan fingerprint density at radius 1 is 1.29 bits per heavy atom. The van der Waals surface area contributed by atoms with Crippen LogP contribution in [0.15, 0.2) is 24.3 Å². The summed E-state index contributed by atoms with van der Waals surface area (Å²) in [4.78, 5) is 33.9. The minimum Gasteiger partial charge on any atom is -0.481 e. The fourth-order valence-corrected chi connectivity index (χ4v) is 1.64. The molecule has 0 saturated heterocycles. The van der Waals surface area contributed by atoms with E-state index < -0.39 is 24.0 Å². The number of anilines is 1. The number of nitrogens with one attached hydrogen (secondary N) is 2. The van der Waals surface area contributed by atoms with Gasteiger partial charge in [-0.1, -0.05) is 18.2 Å². The zero-order chi connectivity index (χ0) is 15.8. The Morgan fingerprint density at radius 3 is 2.57 bits per heavy atom. The first kappa shape index (κ1) is 16.5. The molecule has 0 bridgehead atoms. The zero-order valence-electron chi connectivity index (χ0n) is 11.9. The van der Waals surface area contributed by atoms with Gasteiger partial charge in [-0.05, 0) is 25.5 Å². The van der Waals surface area contributed by atoms with E-state index in [1.165, 1.54) is 6.92 Å². The molecule has 3 N–H and O–H groups in total. The normalized spacial score (nSPS) is 11.3. The smallest absolute Gasteiger partial charge is 0.328 e. The molecule has 1 aromatic carbocycles. The number of esters is 1. The predicted molar refractivity (Wildman–Crippen MR) is 76.0 cm³/mol. The van der Waals surface area contributed by atoms with E-state index >= 15 is 0 Å². The highest BCUT2D eigenvalue weighted by Gasteiger charge is 2.17. The third-order valence-corrected chi connectivity index (χ3v) is 2.59. The fraction of sp³-hybridized carbons (Fsp3) is 0.357. The Labute approximate surface area is 122 Å². The van der Waals surface area contributed by atoms with Gasteiger partial charge in [-0.25, -0.2) is 9.59 Å². The maximum Gasteiger partial charge on any atom is 0.328 e. The van der Waals surface area contributed by atoms with E-state index in [1.807, 2.05) is 0 Å². The number of carboxylic acids is 1. The second kappa shape index (κ2) is 7.88. The number of aliphatic carboxylic acids is 1. The van der Waals surface area contributed by atoms with Crippen molar-refractivity contribution >= 4 is 23.7 Å². The van der Waals surface area contributed by atoms with Crippen molar-refractivity contribution in [2.45, 2.75) is 26.3 Å². The molecule has 7 heteroatoms. The van der Waals surface area contributed by atoms with Gasteiger partial charge in [0.15, 0.2) is 0 Å². The monoisotopic (exact) mass is 294 g/mol. The van der Waals surface area contributed by atoms with Crippen LogP contribution in [0.3, 0.4) is 0 Å². The number of ether oxygens (including phenoxy) is 1. The van der Waals surface area contributed by atoms with Gasteiger partial charge < -0.3 is 20.5 Å². The van der Waals surface area contributed by atoms with Crippen molar-refractivity contribution in [1.82, 2.24) is 5.32 Å². The van der Waals surface area contributed by atoms with Gasteiger partial charge in [0.05, 0.1) is 13.0 Å². The van der Waals surface area contributed by atoms with Crippen molar-refractivity contribution in [3.05, 3.63) is 29.8 Å². The van der Waals surface area contributed by atoms with Crippen molar-refractivity contribution in [3.63, 3.8) is 0 Å². The summed E-state index contributed by atoms with van der Waals surface area (Å²) in [6.07, 6.45) is -0.204. The number of urea groups is 1. The molecular formula is C14H18N2O5. The summed E-state index contributed by atoms with van der Waals surface area (Å²) in [5.74, 6) is -1.53. The van der Waals surface area contributed by atoms with E-state index in [4.69, 9.17) is 9.84 Å². The van der Waals surface area contributed by atoms with Crippen LogP contribution in [-0.2, 0) is 20.7 Å². The number of carboxylic acid groups (broad SMARTS) is 1. The minimum atomic E-state index is -0.996. The summed E-state index contributed by atoms with van der Waals surface area (Å²) in [7, 11) is 0. The topological polar surface area (TPSA) is 105 Å². The fourth-order valence-electron chi connectivity index (χ4n) is 1.64. The molecule has 1 aromatic rings. The Morgan fingerprint density at radius 2 is 1.95 bits per heavy atom. The summed E-state index contributed by atoms with van der Waals surface area (Å²) in [6, 6.07) is 5.16. The van der Waals surface area contributed by atoms with Gasteiger partial charge in [-0.2, -0.15) is 0 Å². The number of carbonyl (C=O) groups excluding carboxylic acids is 2. The highest BCUT2D eigenvalue weighted by molar-refractivity contribution is 5.93. The van der Waals surface area contributed by atoms with Crippen molar-refractivity contribution in [2.24, 2.45) is 0 Å². The Hall–Kier alpha value is -2.57. The molecule has 0 radical (unpaired) electrons. The Balaban J connectivity index is 2.66. The molecule has 1 unspecified atom stereocenters. The first-order valence-corrected chi connectivity index (χ1v) is 6.48. The lowest BCUT2D eigenvalue weighted by atomic mass is 10.1. The van der Waals surface area contributed by atoms with Crippen molar-refractivity contribution < 1.29 is 24.2 Å². The molecule has 21 heavy (non-hydrogen) atoms. The molecule has 0 spiro atoms.